The van der Waals surface area contributed by atoms with E-state index in [9.17, 15) is 19.5 Å². The van der Waals surface area contributed by atoms with Gasteiger partial charge in [-0.3, -0.25) is 19.3 Å². The quantitative estimate of drug-likeness (QED) is 0.237. The number of aliphatic hydroxyl groups is 1. The third kappa shape index (κ3) is 6.10. The van der Waals surface area contributed by atoms with Crippen molar-refractivity contribution in [2.75, 3.05) is 70.5 Å². The number of hydrogen-bond donors (Lipinski definition) is 1. The van der Waals surface area contributed by atoms with Gasteiger partial charge in [0.05, 0.1) is 29.8 Å². The van der Waals surface area contributed by atoms with E-state index in [4.69, 9.17) is 4.74 Å². The minimum absolute atomic E-state index is 0.0319. The maximum atomic E-state index is 14.7. The highest BCUT2D eigenvalue weighted by Crippen LogP contribution is 2.69. The Morgan fingerprint density at radius 3 is 2.48 bits per heavy atom. The Morgan fingerprint density at radius 1 is 1.07 bits per heavy atom. The Labute approximate surface area is 266 Å². The van der Waals surface area contributed by atoms with Crippen molar-refractivity contribution in [1.29, 1.82) is 0 Å². The van der Waals surface area contributed by atoms with E-state index in [1.165, 1.54) is 0 Å². The number of fused-ring (bicyclic) bond motifs is 1. The van der Waals surface area contributed by atoms with Gasteiger partial charge in [0, 0.05) is 63.4 Å². The molecule has 10 heteroatoms. The maximum absolute atomic E-state index is 14.7. The van der Waals surface area contributed by atoms with Crippen molar-refractivity contribution in [3.8, 4) is 0 Å². The van der Waals surface area contributed by atoms with Crippen molar-refractivity contribution in [3.63, 3.8) is 0 Å². The largest absolute Gasteiger partial charge is 0.396 e. The Kier molecular flexibility index (Phi) is 10.9. The third-order valence-electron chi connectivity index (χ3n) is 9.92. The zero-order chi connectivity index (χ0) is 31.3. The van der Waals surface area contributed by atoms with Crippen molar-refractivity contribution in [3.05, 3.63) is 55.6 Å². The number of rotatable bonds is 15. The van der Waals surface area contributed by atoms with Gasteiger partial charge >= 0.3 is 0 Å². The van der Waals surface area contributed by atoms with E-state index in [-0.39, 0.29) is 35.5 Å². The van der Waals surface area contributed by atoms with Crippen LogP contribution in [0, 0.1) is 17.8 Å². The van der Waals surface area contributed by atoms with Crippen LogP contribution in [0.3, 0.4) is 0 Å². The van der Waals surface area contributed by atoms with Gasteiger partial charge in [0.15, 0.2) is 0 Å². The Bertz CT molecular complexity index is 1190. The molecule has 1 aromatic carbocycles. The molecule has 4 heterocycles. The lowest BCUT2D eigenvalue weighted by atomic mass is 9.65. The van der Waals surface area contributed by atoms with Crippen molar-refractivity contribution < 1.29 is 24.2 Å². The Morgan fingerprint density at radius 2 is 1.80 bits per heavy atom. The van der Waals surface area contributed by atoms with E-state index in [0.29, 0.717) is 52.2 Å². The fourth-order valence-corrected chi connectivity index (χ4v) is 10.2. The molecule has 4 aliphatic rings. The molecular weight excluding hydrogens is 576 g/mol. The summed E-state index contributed by atoms with van der Waals surface area (Å²) in [6, 6.07) is 8.92. The molecule has 0 radical (unpaired) electrons. The van der Waals surface area contributed by atoms with E-state index in [1.54, 1.807) is 33.7 Å². The molecule has 6 atom stereocenters. The second-order valence-electron chi connectivity index (χ2n) is 12.5. The van der Waals surface area contributed by atoms with Gasteiger partial charge in [0.2, 0.25) is 17.7 Å². The summed E-state index contributed by atoms with van der Waals surface area (Å²) >= 11 is 1.72. The second kappa shape index (κ2) is 14.6. The highest BCUT2D eigenvalue weighted by Gasteiger charge is 2.76. The van der Waals surface area contributed by atoms with Gasteiger partial charge in [-0.25, -0.2) is 0 Å². The topological polar surface area (TPSA) is 93.6 Å². The van der Waals surface area contributed by atoms with Crippen LogP contribution < -0.4 is 4.90 Å². The minimum Gasteiger partial charge on any atom is -0.396 e. The number of carbonyl (C=O) groups is 3. The molecule has 0 aromatic heterocycles. The third-order valence-corrected chi connectivity index (χ3v) is 12.0. The van der Waals surface area contributed by atoms with Gasteiger partial charge in [-0.15, -0.1) is 24.9 Å². The fourth-order valence-electron chi connectivity index (χ4n) is 7.84. The maximum Gasteiger partial charge on any atom is 0.247 e. The van der Waals surface area contributed by atoms with Gasteiger partial charge in [-0.2, -0.15) is 0 Å². The summed E-state index contributed by atoms with van der Waals surface area (Å²) in [5.41, 5.74) is 0.784. The van der Waals surface area contributed by atoms with Crippen LogP contribution in [0.15, 0.2) is 55.6 Å². The predicted octanol–water partition coefficient (Wildman–Crippen LogP) is 3.05. The van der Waals surface area contributed by atoms with Crippen LogP contribution in [0.5, 0.6) is 0 Å². The first-order valence-corrected chi connectivity index (χ1v) is 17.0. The molecule has 0 saturated carbocycles. The number of ether oxygens (including phenoxy) is 1. The molecule has 3 unspecified atom stereocenters. The first kappa shape index (κ1) is 32.7. The van der Waals surface area contributed by atoms with Crippen LogP contribution in [0.25, 0.3) is 0 Å². The molecule has 1 aromatic rings. The minimum atomic E-state index is -0.676. The van der Waals surface area contributed by atoms with Crippen LogP contribution in [-0.4, -0.2) is 119 Å². The number of carbonyl (C=O) groups excluding carboxylic acids is 3. The first-order chi connectivity index (χ1) is 21.4. The number of nitrogens with zero attached hydrogens (tertiary/aromatic N) is 4. The van der Waals surface area contributed by atoms with Gasteiger partial charge in [0.1, 0.15) is 6.04 Å². The highest BCUT2D eigenvalue weighted by atomic mass is 32.2. The number of amides is 3. The number of hydrogen-bond acceptors (Lipinski definition) is 7. The zero-order valence-corrected chi connectivity index (χ0v) is 26.8. The highest BCUT2D eigenvalue weighted by molar-refractivity contribution is 8.02. The molecule has 4 saturated heterocycles. The molecule has 4 aliphatic heterocycles. The van der Waals surface area contributed by atoms with Crippen LogP contribution in [0.4, 0.5) is 5.69 Å². The molecule has 1 spiro atoms. The first-order valence-electron chi connectivity index (χ1n) is 16.1. The number of anilines is 1. The number of para-hydroxylation sites is 1. The summed E-state index contributed by atoms with van der Waals surface area (Å²) < 4.78 is 4.83. The van der Waals surface area contributed by atoms with Crippen molar-refractivity contribution in [2.45, 2.75) is 48.6 Å². The number of thioether (sulfide) groups is 1. The van der Waals surface area contributed by atoms with E-state index in [1.807, 2.05) is 35.2 Å². The lowest BCUT2D eigenvalue weighted by molar-refractivity contribution is -0.142. The summed E-state index contributed by atoms with van der Waals surface area (Å²) in [4.78, 5) is 51.5. The van der Waals surface area contributed by atoms with Crippen molar-refractivity contribution in [1.82, 2.24) is 14.7 Å². The molecular formula is C34H48N4O5S. The fraction of sp³-hybridized carbons (Fsp3) is 0.618. The summed E-state index contributed by atoms with van der Waals surface area (Å²) in [5, 5.41) is 9.34. The van der Waals surface area contributed by atoms with Crippen molar-refractivity contribution in [2.24, 2.45) is 17.8 Å². The standard InChI is InChI=1S/C34H48N4O5S/c1-4-14-36(18-17-35-19-22-43-23-20-35)33(42)30-34-25(3)24-27(44-34)28(29(34)32(41)38(30)16-10-7-11-21-39)31(40)37(15-5-2)26-12-8-6-9-13-26/h4-6,8-9,12-13,25,27-30,39H,1-2,7,10-11,14-24H2,3H3/t25?,27-,28+,29+,30?,34?/m1/s1. The van der Waals surface area contributed by atoms with Crippen LogP contribution in [0.1, 0.15) is 32.6 Å². The summed E-state index contributed by atoms with van der Waals surface area (Å²) in [6.45, 7) is 15.6. The summed E-state index contributed by atoms with van der Waals surface area (Å²) in [7, 11) is 0. The number of aliphatic hydroxyl groups excluding tert-OH is 1. The number of unbranched alkanes of at least 4 members (excludes halogenated alkanes) is 2. The van der Waals surface area contributed by atoms with E-state index < -0.39 is 22.6 Å². The van der Waals surface area contributed by atoms with Gasteiger partial charge in [0.25, 0.3) is 0 Å². The van der Waals surface area contributed by atoms with E-state index in [0.717, 1.165) is 38.2 Å². The molecule has 240 valence electrons. The summed E-state index contributed by atoms with van der Waals surface area (Å²) in [6.07, 6.45) is 6.39. The Hall–Kier alpha value is -2.66. The molecule has 9 nitrogen and oxygen atoms in total. The van der Waals surface area contributed by atoms with Crippen LogP contribution in [0.2, 0.25) is 0 Å². The average molecular weight is 625 g/mol. The SMILES string of the molecule is C=CCN(CCN1CCOCC1)C(=O)C1N(CCCCCO)C(=O)[C@@H]2[C@@H](C(=O)N(CC=C)c3ccccc3)[C@H]3CC(C)C12S3. The number of benzene rings is 1. The molecule has 0 aliphatic carbocycles. The molecule has 5 rings (SSSR count). The average Bonchev–Trinajstić information content (AvgIpc) is 3.64. The Balaban J connectivity index is 1.48. The predicted molar refractivity (Wildman–Crippen MR) is 174 cm³/mol. The molecule has 44 heavy (non-hydrogen) atoms. The van der Waals surface area contributed by atoms with E-state index >= 15 is 0 Å². The lowest BCUT2D eigenvalue weighted by Crippen LogP contribution is -2.58. The molecule has 4 fully saturated rings. The summed E-state index contributed by atoms with van der Waals surface area (Å²) in [5.74, 6) is -1.17. The molecule has 1 N–H and O–H groups in total. The zero-order valence-electron chi connectivity index (χ0n) is 26.0. The van der Waals surface area contributed by atoms with Crippen molar-refractivity contribution >= 4 is 35.2 Å². The van der Waals surface area contributed by atoms with Crippen LogP contribution in [-0.2, 0) is 19.1 Å². The van der Waals surface area contributed by atoms with E-state index in [2.05, 4.69) is 25.0 Å². The smallest absolute Gasteiger partial charge is 0.247 e. The van der Waals surface area contributed by atoms with Gasteiger partial charge in [-0.05, 0) is 43.7 Å². The van der Waals surface area contributed by atoms with Gasteiger partial charge < -0.3 is 24.5 Å². The normalized spacial score (nSPS) is 29.5. The number of likely N-dealkylation sites (tertiary alicyclic amines) is 1. The number of morpholine rings is 1. The second-order valence-corrected chi connectivity index (χ2v) is 14.0. The lowest BCUT2D eigenvalue weighted by Gasteiger charge is -2.41. The molecule has 2 bridgehead atoms. The van der Waals surface area contributed by atoms with Gasteiger partial charge in [-0.1, -0.05) is 37.3 Å². The molecule has 3 amide bonds. The van der Waals surface area contributed by atoms with Crippen LogP contribution >= 0.6 is 11.8 Å². The monoisotopic (exact) mass is 624 g/mol.